The number of hydrogen-bond acceptors (Lipinski definition) is 3. The Kier molecular flexibility index (Phi) is 5.77. The maximum Gasteiger partial charge on any atom is 0.271 e. The molecule has 1 aromatic rings. The van der Waals surface area contributed by atoms with Gasteiger partial charge in [0, 0.05) is 13.1 Å². The van der Waals surface area contributed by atoms with Gasteiger partial charge in [-0.25, -0.2) is 4.98 Å². The van der Waals surface area contributed by atoms with Crippen LogP contribution >= 0.6 is 11.6 Å². The van der Waals surface area contributed by atoms with Crippen molar-refractivity contribution in [2.75, 3.05) is 18.4 Å². The molecule has 0 saturated heterocycles. The van der Waals surface area contributed by atoms with Gasteiger partial charge >= 0.3 is 0 Å². The van der Waals surface area contributed by atoms with E-state index in [1.807, 2.05) is 6.92 Å². The molecule has 0 aliphatic rings. The van der Waals surface area contributed by atoms with E-state index in [2.05, 4.69) is 22.5 Å². The van der Waals surface area contributed by atoms with Crippen LogP contribution in [0.15, 0.2) is 12.1 Å². The zero-order valence-corrected chi connectivity index (χ0v) is 11.0. The van der Waals surface area contributed by atoms with Crippen LogP contribution in [-0.2, 0) is 0 Å². The van der Waals surface area contributed by atoms with E-state index in [0.717, 1.165) is 19.4 Å². The normalized spacial score (nSPS) is 10.1. The van der Waals surface area contributed by atoms with E-state index < -0.39 is 0 Å². The second-order valence-corrected chi connectivity index (χ2v) is 4.12. The molecule has 17 heavy (non-hydrogen) atoms. The number of nitrogens with zero attached hydrogens (tertiary/aromatic N) is 1. The Bertz CT molecular complexity index is 382. The molecule has 0 saturated carbocycles. The number of carbonyl (C=O) groups excluding carboxylic acids is 1. The minimum absolute atomic E-state index is 0.225. The number of rotatable bonds is 6. The summed E-state index contributed by atoms with van der Waals surface area (Å²) in [5.41, 5.74) is 0.279. The fraction of sp³-hybridized carbons (Fsp3) is 0.500. The Morgan fingerprint density at radius 1 is 1.29 bits per heavy atom. The molecule has 0 aliphatic heterocycles. The summed E-state index contributed by atoms with van der Waals surface area (Å²) in [6, 6.07) is 3.46. The van der Waals surface area contributed by atoms with Gasteiger partial charge in [0.05, 0.1) is 5.02 Å². The van der Waals surface area contributed by atoms with Crippen LogP contribution in [-0.4, -0.2) is 24.0 Å². The lowest BCUT2D eigenvalue weighted by molar-refractivity contribution is 0.0949. The SMILES string of the molecule is CCCNC(=O)c1nc(NCCC)ccc1Cl. The molecule has 0 bridgehead atoms. The van der Waals surface area contributed by atoms with Crippen molar-refractivity contribution in [1.82, 2.24) is 10.3 Å². The second kappa shape index (κ2) is 7.12. The molecule has 1 heterocycles. The Hall–Kier alpha value is -1.29. The highest BCUT2D eigenvalue weighted by Gasteiger charge is 2.12. The van der Waals surface area contributed by atoms with E-state index in [-0.39, 0.29) is 11.6 Å². The number of halogens is 1. The summed E-state index contributed by atoms with van der Waals surface area (Å²) >= 11 is 5.95. The molecule has 2 N–H and O–H groups in total. The fourth-order valence-corrected chi connectivity index (χ4v) is 1.47. The Labute approximate surface area is 107 Å². The molecule has 0 radical (unpaired) electrons. The molecule has 0 aromatic carbocycles. The van der Waals surface area contributed by atoms with Crippen LogP contribution in [0, 0.1) is 0 Å². The minimum Gasteiger partial charge on any atom is -0.370 e. The molecule has 4 nitrogen and oxygen atoms in total. The summed E-state index contributed by atoms with van der Waals surface area (Å²) in [5, 5.41) is 6.26. The zero-order chi connectivity index (χ0) is 12.7. The van der Waals surface area contributed by atoms with Crippen molar-refractivity contribution in [2.24, 2.45) is 0 Å². The quantitative estimate of drug-likeness (QED) is 0.822. The summed E-state index contributed by atoms with van der Waals surface area (Å²) in [5.74, 6) is 0.454. The second-order valence-electron chi connectivity index (χ2n) is 3.71. The van der Waals surface area contributed by atoms with Gasteiger partial charge in [-0.2, -0.15) is 0 Å². The molecule has 0 spiro atoms. The highest BCUT2D eigenvalue weighted by atomic mass is 35.5. The largest absolute Gasteiger partial charge is 0.370 e. The van der Waals surface area contributed by atoms with E-state index >= 15 is 0 Å². The molecule has 1 rings (SSSR count). The van der Waals surface area contributed by atoms with Crippen molar-refractivity contribution in [1.29, 1.82) is 0 Å². The van der Waals surface area contributed by atoms with E-state index in [1.54, 1.807) is 12.1 Å². The number of hydrogen-bond donors (Lipinski definition) is 2. The molecule has 1 amide bonds. The van der Waals surface area contributed by atoms with E-state index in [4.69, 9.17) is 11.6 Å². The molecule has 94 valence electrons. The van der Waals surface area contributed by atoms with Crippen molar-refractivity contribution < 1.29 is 4.79 Å². The number of aromatic nitrogens is 1. The first kappa shape index (κ1) is 13.8. The lowest BCUT2D eigenvalue weighted by Gasteiger charge is -2.08. The van der Waals surface area contributed by atoms with Crippen LogP contribution in [0.25, 0.3) is 0 Å². The van der Waals surface area contributed by atoms with Crippen LogP contribution < -0.4 is 10.6 Å². The van der Waals surface area contributed by atoms with Crippen molar-refractivity contribution >= 4 is 23.3 Å². The Morgan fingerprint density at radius 2 is 2.00 bits per heavy atom. The number of anilines is 1. The number of carbonyl (C=O) groups is 1. The number of amides is 1. The predicted molar refractivity (Wildman–Crippen MR) is 70.7 cm³/mol. The van der Waals surface area contributed by atoms with Crippen molar-refractivity contribution in [3.8, 4) is 0 Å². The van der Waals surface area contributed by atoms with E-state index in [9.17, 15) is 4.79 Å². The van der Waals surface area contributed by atoms with Crippen LogP contribution in [0.1, 0.15) is 37.2 Å². The lowest BCUT2D eigenvalue weighted by Crippen LogP contribution is -2.25. The third-order valence-corrected chi connectivity index (χ3v) is 2.46. The average Bonchev–Trinajstić information content (AvgIpc) is 2.35. The average molecular weight is 256 g/mol. The van der Waals surface area contributed by atoms with Crippen LogP contribution in [0.5, 0.6) is 0 Å². The topological polar surface area (TPSA) is 54.0 Å². The molecule has 0 unspecified atom stereocenters. The van der Waals surface area contributed by atoms with Crippen LogP contribution in [0.2, 0.25) is 5.02 Å². The number of nitrogens with one attached hydrogen (secondary N) is 2. The molecular formula is C12H18ClN3O. The van der Waals surface area contributed by atoms with Crippen LogP contribution in [0.4, 0.5) is 5.82 Å². The van der Waals surface area contributed by atoms with Gasteiger partial charge in [-0.15, -0.1) is 0 Å². The maximum atomic E-state index is 11.8. The standard InChI is InChI=1S/C12H18ClN3O/c1-3-7-14-10-6-5-9(13)11(16-10)12(17)15-8-4-2/h5-6H,3-4,7-8H2,1-2H3,(H,14,16)(H,15,17). The Morgan fingerprint density at radius 3 is 2.65 bits per heavy atom. The van der Waals surface area contributed by atoms with E-state index in [0.29, 0.717) is 17.4 Å². The summed E-state index contributed by atoms with van der Waals surface area (Å²) in [6.45, 7) is 5.51. The van der Waals surface area contributed by atoms with Gasteiger partial charge in [0.15, 0.2) is 0 Å². The van der Waals surface area contributed by atoms with Crippen LogP contribution in [0.3, 0.4) is 0 Å². The fourth-order valence-electron chi connectivity index (χ4n) is 1.28. The Balaban J connectivity index is 2.78. The first-order valence-electron chi connectivity index (χ1n) is 5.87. The summed E-state index contributed by atoms with van der Waals surface area (Å²) in [6.07, 6.45) is 1.89. The number of pyridine rings is 1. The van der Waals surface area contributed by atoms with Gasteiger partial charge in [0.25, 0.3) is 5.91 Å². The van der Waals surface area contributed by atoms with Gasteiger partial charge in [0.2, 0.25) is 0 Å². The molecule has 0 fully saturated rings. The molecule has 1 aromatic heterocycles. The van der Waals surface area contributed by atoms with E-state index in [1.165, 1.54) is 0 Å². The smallest absolute Gasteiger partial charge is 0.271 e. The predicted octanol–water partition coefficient (Wildman–Crippen LogP) is 2.70. The molecule has 0 aliphatic carbocycles. The lowest BCUT2D eigenvalue weighted by atomic mass is 10.3. The summed E-state index contributed by atoms with van der Waals surface area (Å²) < 4.78 is 0. The molecular weight excluding hydrogens is 238 g/mol. The van der Waals surface area contributed by atoms with Gasteiger partial charge in [0.1, 0.15) is 11.5 Å². The molecule has 0 atom stereocenters. The van der Waals surface area contributed by atoms with Gasteiger partial charge in [-0.1, -0.05) is 25.4 Å². The van der Waals surface area contributed by atoms with Crippen molar-refractivity contribution in [3.63, 3.8) is 0 Å². The van der Waals surface area contributed by atoms with Gasteiger partial charge in [-0.05, 0) is 25.0 Å². The first-order valence-corrected chi connectivity index (χ1v) is 6.25. The highest BCUT2D eigenvalue weighted by Crippen LogP contribution is 2.16. The highest BCUT2D eigenvalue weighted by molar-refractivity contribution is 6.33. The summed E-state index contributed by atoms with van der Waals surface area (Å²) in [7, 11) is 0. The van der Waals surface area contributed by atoms with Crippen molar-refractivity contribution in [3.05, 3.63) is 22.8 Å². The van der Waals surface area contributed by atoms with Crippen molar-refractivity contribution in [2.45, 2.75) is 26.7 Å². The zero-order valence-electron chi connectivity index (χ0n) is 10.2. The first-order chi connectivity index (χ1) is 8.19. The molecule has 5 heteroatoms. The monoisotopic (exact) mass is 255 g/mol. The third kappa shape index (κ3) is 4.23. The minimum atomic E-state index is -0.225. The maximum absolute atomic E-state index is 11.8. The third-order valence-electron chi connectivity index (χ3n) is 2.15. The van der Waals surface area contributed by atoms with Gasteiger partial charge in [-0.3, -0.25) is 4.79 Å². The summed E-state index contributed by atoms with van der Waals surface area (Å²) in [4.78, 5) is 16.0. The van der Waals surface area contributed by atoms with Gasteiger partial charge < -0.3 is 10.6 Å².